The van der Waals surface area contributed by atoms with E-state index >= 15 is 0 Å². The fourth-order valence-corrected chi connectivity index (χ4v) is 2.45. The summed E-state index contributed by atoms with van der Waals surface area (Å²) in [7, 11) is 0. The zero-order valence-electron chi connectivity index (χ0n) is 12.2. The molecule has 112 valence electrons. The van der Waals surface area contributed by atoms with E-state index in [0.717, 1.165) is 30.8 Å². The van der Waals surface area contributed by atoms with Gasteiger partial charge in [-0.25, -0.2) is 4.39 Å². The monoisotopic (exact) mass is 351 g/mol. The van der Waals surface area contributed by atoms with E-state index < -0.39 is 0 Å². The number of rotatable bonds is 6. The van der Waals surface area contributed by atoms with Gasteiger partial charge in [-0.1, -0.05) is 19.1 Å². The second kappa shape index (κ2) is 7.57. The molecule has 0 spiro atoms. The van der Waals surface area contributed by atoms with E-state index in [0.29, 0.717) is 10.2 Å². The largest absolute Gasteiger partial charge is 0.456 e. The molecule has 0 aliphatic rings. The number of nitrogens with one attached hydrogen (secondary N) is 1. The molecule has 1 N–H and O–H groups in total. The van der Waals surface area contributed by atoms with Crippen LogP contribution in [-0.2, 0) is 6.54 Å². The first kappa shape index (κ1) is 16.0. The number of ether oxygens (including phenoxy) is 1. The highest BCUT2D eigenvalue weighted by Gasteiger charge is 2.07. The molecule has 2 aromatic carbocycles. The van der Waals surface area contributed by atoms with Gasteiger partial charge in [0.2, 0.25) is 0 Å². The third-order valence-corrected chi connectivity index (χ3v) is 3.73. The zero-order valence-corrected chi connectivity index (χ0v) is 13.8. The summed E-state index contributed by atoms with van der Waals surface area (Å²) in [6.07, 6.45) is 1.12. The lowest BCUT2D eigenvalue weighted by molar-refractivity contribution is 0.473. The van der Waals surface area contributed by atoms with Crippen LogP contribution in [0.2, 0.25) is 0 Å². The second-order valence-electron chi connectivity index (χ2n) is 4.95. The summed E-state index contributed by atoms with van der Waals surface area (Å²) in [6, 6.07) is 10.5. The lowest BCUT2D eigenvalue weighted by Gasteiger charge is -2.12. The first-order chi connectivity index (χ1) is 10.1. The van der Waals surface area contributed by atoms with Crippen molar-refractivity contribution in [2.45, 2.75) is 26.8 Å². The minimum atomic E-state index is -0.289. The van der Waals surface area contributed by atoms with E-state index in [1.807, 2.05) is 19.1 Å². The highest BCUT2D eigenvalue weighted by Crippen LogP contribution is 2.32. The van der Waals surface area contributed by atoms with Crippen LogP contribution in [-0.4, -0.2) is 6.54 Å². The van der Waals surface area contributed by atoms with Gasteiger partial charge < -0.3 is 10.1 Å². The van der Waals surface area contributed by atoms with Gasteiger partial charge in [0.15, 0.2) is 0 Å². The van der Waals surface area contributed by atoms with Gasteiger partial charge >= 0.3 is 0 Å². The molecule has 2 nitrogen and oxygen atoms in total. The van der Waals surface area contributed by atoms with Gasteiger partial charge in [0.05, 0.1) is 4.47 Å². The van der Waals surface area contributed by atoms with Crippen molar-refractivity contribution in [1.29, 1.82) is 0 Å². The van der Waals surface area contributed by atoms with E-state index in [4.69, 9.17) is 4.74 Å². The number of halogens is 2. The average molecular weight is 352 g/mol. The fourth-order valence-electron chi connectivity index (χ4n) is 2.02. The maximum absolute atomic E-state index is 13.1. The van der Waals surface area contributed by atoms with E-state index in [1.54, 1.807) is 6.07 Å². The van der Waals surface area contributed by atoms with Gasteiger partial charge in [-0.15, -0.1) is 0 Å². The molecule has 0 fully saturated rings. The SMILES string of the molecule is CCCNCc1ccc(Oc2ccc(F)cc2Br)c(C)c1. The Hall–Kier alpha value is -1.39. The Balaban J connectivity index is 2.10. The molecule has 0 saturated heterocycles. The molecule has 0 bridgehead atoms. The van der Waals surface area contributed by atoms with Gasteiger partial charge in [0.25, 0.3) is 0 Å². The summed E-state index contributed by atoms with van der Waals surface area (Å²) in [5.74, 6) is 1.10. The molecule has 21 heavy (non-hydrogen) atoms. The number of hydrogen-bond donors (Lipinski definition) is 1. The predicted molar refractivity (Wildman–Crippen MR) is 87.4 cm³/mol. The maximum atomic E-state index is 13.1. The maximum Gasteiger partial charge on any atom is 0.141 e. The van der Waals surface area contributed by atoms with Crippen LogP contribution in [0, 0.1) is 12.7 Å². The van der Waals surface area contributed by atoms with Gasteiger partial charge in [-0.05, 0) is 71.2 Å². The summed E-state index contributed by atoms with van der Waals surface area (Å²) in [5.41, 5.74) is 2.29. The first-order valence-corrected chi connectivity index (χ1v) is 7.82. The highest BCUT2D eigenvalue weighted by atomic mass is 79.9. The zero-order chi connectivity index (χ0) is 15.2. The number of benzene rings is 2. The van der Waals surface area contributed by atoms with Crippen molar-refractivity contribution in [2.24, 2.45) is 0 Å². The van der Waals surface area contributed by atoms with Crippen LogP contribution in [0.25, 0.3) is 0 Å². The molecule has 0 atom stereocenters. The molecule has 0 aliphatic carbocycles. The molecule has 0 aromatic heterocycles. The Morgan fingerprint density at radius 1 is 1.14 bits per heavy atom. The lowest BCUT2D eigenvalue weighted by atomic mass is 10.1. The van der Waals surface area contributed by atoms with Crippen LogP contribution < -0.4 is 10.1 Å². The number of hydrogen-bond acceptors (Lipinski definition) is 2. The molecule has 0 aliphatic heterocycles. The minimum absolute atomic E-state index is 0.289. The van der Waals surface area contributed by atoms with Gasteiger partial charge in [-0.2, -0.15) is 0 Å². The number of aryl methyl sites for hydroxylation is 1. The van der Waals surface area contributed by atoms with Crippen molar-refractivity contribution in [3.63, 3.8) is 0 Å². The van der Waals surface area contributed by atoms with Crippen LogP contribution in [0.3, 0.4) is 0 Å². The van der Waals surface area contributed by atoms with Gasteiger partial charge in [-0.3, -0.25) is 0 Å². The summed E-state index contributed by atoms with van der Waals surface area (Å²) < 4.78 is 19.5. The molecule has 2 rings (SSSR count). The van der Waals surface area contributed by atoms with Crippen LogP contribution in [0.1, 0.15) is 24.5 Å². The van der Waals surface area contributed by atoms with Crippen LogP contribution >= 0.6 is 15.9 Å². The van der Waals surface area contributed by atoms with Crippen molar-refractivity contribution >= 4 is 15.9 Å². The Labute approximate surface area is 133 Å². The van der Waals surface area contributed by atoms with E-state index in [-0.39, 0.29) is 5.82 Å². The summed E-state index contributed by atoms with van der Waals surface area (Å²) >= 11 is 3.31. The van der Waals surface area contributed by atoms with Gasteiger partial charge in [0.1, 0.15) is 17.3 Å². The first-order valence-electron chi connectivity index (χ1n) is 7.03. The Kier molecular flexibility index (Phi) is 5.76. The van der Waals surface area contributed by atoms with Crippen molar-refractivity contribution in [1.82, 2.24) is 5.32 Å². The van der Waals surface area contributed by atoms with E-state index in [9.17, 15) is 4.39 Å². The van der Waals surface area contributed by atoms with Crippen LogP contribution in [0.5, 0.6) is 11.5 Å². The Bertz CT molecular complexity index is 616. The molecule has 0 amide bonds. The summed E-state index contributed by atoms with van der Waals surface area (Å²) in [6.45, 7) is 6.03. The van der Waals surface area contributed by atoms with E-state index in [2.05, 4.69) is 34.2 Å². The molecular formula is C17H19BrFNO. The van der Waals surface area contributed by atoms with Crippen molar-refractivity contribution in [2.75, 3.05) is 6.54 Å². The average Bonchev–Trinajstić information content (AvgIpc) is 2.44. The quantitative estimate of drug-likeness (QED) is 0.723. The molecule has 4 heteroatoms. The molecule has 0 radical (unpaired) electrons. The molecule has 0 heterocycles. The molecule has 0 saturated carbocycles. The van der Waals surface area contributed by atoms with Crippen molar-refractivity contribution in [3.8, 4) is 11.5 Å². The van der Waals surface area contributed by atoms with Crippen LogP contribution in [0.4, 0.5) is 4.39 Å². The predicted octanol–water partition coefficient (Wildman–Crippen LogP) is 5.19. The third-order valence-electron chi connectivity index (χ3n) is 3.11. The van der Waals surface area contributed by atoms with E-state index in [1.165, 1.54) is 17.7 Å². The highest BCUT2D eigenvalue weighted by molar-refractivity contribution is 9.10. The Morgan fingerprint density at radius 2 is 1.90 bits per heavy atom. The lowest BCUT2D eigenvalue weighted by Crippen LogP contribution is -2.13. The molecule has 2 aromatic rings. The normalized spacial score (nSPS) is 10.7. The van der Waals surface area contributed by atoms with Crippen molar-refractivity contribution < 1.29 is 9.13 Å². The molecular weight excluding hydrogens is 333 g/mol. The third kappa shape index (κ3) is 4.55. The van der Waals surface area contributed by atoms with Gasteiger partial charge in [0, 0.05) is 6.54 Å². The topological polar surface area (TPSA) is 21.3 Å². The van der Waals surface area contributed by atoms with Crippen molar-refractivity contribution in [3.05, 3.63) is 57.8 Å². The second-order valence-corrected chi connectivity index (χ2v) is 5.81. The minimum Gasteiger partial charge on any atom is -0.456 e. The Morgan fingerprint density at radius 3 is 2.57 bits per heavy atom. The van der Waals surface area contributed by atoms with Crippen LogP contribution in [0.15, 0.2) is 40.9 Å². The summed E-state index contributed by atoms with van der Waals surface area (Å²) in [4.78, 5) is 0. The standard InChI is InChI=1S/C17H19BrFNO/c1-3-8-20-11-13-4-6-16(12(2)9-13)21-17-7-5-14(19)10-15(17)18/h4-7,9-10,20H,3,8,11H2,1-2H3. The fraction of sp³-hybridized carbons (Fsp3) is 0.294. The molecule has 0 unspecified atom stereocenters. The summed E-state index contributed by atoms with van der Waals surface area (Å²) in [5, 5.41) is 3.37. The smallest absolute Gasteiger partial charge is 0.141 e.